The first-order valence-corrected chi connectivity index (χ1v) is 7.33. The molecule has 22 heavy (non-hydrogen) atoms. The summed E-state index contributed by atoms with van der Waals surface area (Å²) in [6, 6.07) is 11.0. The minimum Gasteiger partial charge on any atom is -0.497 e. The molecule has 0 N–H and O–H groups in total. The first kappa shape index (κ1) is 16.0. The summed E-state index contributed by atoms with van der Waals surface area (Å²) >= 11 is 0. The monoisotopic (exact) mass is 299 g/mol. The van der Waals surface area contributed by atoms with Crippen LogP contribution in [0.1, 0.15) is 31.1 Å². The molecule has 1 aromatic heterocycles. The summed E-state index contributed by atoms with van der Waals surface area (Å²) in [5.74, 6) is 0.820. The van der Waals surface area contributed by atoms with Gasteiger partial charge in [0.25, 0.3) is 5.56 Å². The van der Waals surface area contributed by atoms with E-state index in [0.29, 0.717) is 12.5 Å². The molecule has 0 amide bonds. The van der Waals surface area contributed by atoms with Gasteiger partial charge in [-0.05, 0) is 37.1 Å². The molecule has 116 valence electrons. The third-order valence-corrected chi connectivity index (χ3v) is 3.47. The molecule has 2 rings (SSSR count). The molecule has 0 saturated heterocycles. The predicted octanol–water partition coefficient (Wildman–Crippen LogP) is 3.38. The van der Waals surface area contributed by atoms with Crippen LogP contribution < -0.4 is 10.3 Å². The second kappa shape index (κ2) is 6.60. The lowest BCUT2D eigenvalue weighted by atomic mass is 10.1. The summed E-state index contributed by atoms with van der Waals surface area (Å²) in [4.78, 5) is 24.2. The van der Waals surface area contributed by atoms with Gasteiger partial charge in [-0.1, -0.05) is 26.0 Å². The lowest BCUT2D eigenvalue weighted by molar-refractivity contribution is 0.101. The molecule has 4 heteroatoms. The number of Topliss-reactive ketones (excluding diaryl/α,β-unsaturated/α-hetero) is 1. The van der Waals surface area contributed by atoms with Crippen molar-refractivity contribution in [3.05, 3.63) is 52.3 Å². The third kappa shape index (κ3) is 3.27. The molecule has 4 nitrogen and oxygen atoms in total. The summed E-state index contributed by atoms with van der Waals surface area (Å²) in [5.41, 5.74) is 1.68. The van der Waals surface area contributed by atoms with Crippen LogP contribution in [-0.2, 0) is 6.54 Å². The first-order chi connectivity index (χ1) is 10.4. The van der Waals surface area contributed by atoms with Crippen LogP contribution >= 0.6 is 0 Å². The van der Waals surface area contributed by atoms with Crippen LogP contribution in [0.5, 0.6) is 5.75 Å². The van der Waals surface area contributed by atoms with Crippen LogP contribution in [0, 0.1) is 5.92 Å². The fourth-order valence-electron chi connectivity index (χ4n) is 2.43. The second-order valence-electron chi connectivity index (χ2n) is 5.73. The average Bonchev–Trinajstić information content (AvgIpc) is 2.48. The molecule has 0 bridgehead atoms. The van der Waals surface area contributed by atoms with Gasteiger partial charge >= 0.3 is 0 Å². The molecule has 0 saturated carbocycles. The molecule has 0 aliphatic rings. The number of benzene rings is 1. The minimum atomic E-state index is -0.235. The Hall–Kier alpha value is -2.36. The molecule has 1 aromatic carbocycles. The molecule has 0 fully saturated rings. The van der Waals surface area contributed by atoms with E-state index in [-0.39, 0.29) is 16.9 Å². The predicted molar refractivity (Wildman–Crippen MR) is 87.5 cm³/mol. The Morgan fingerprint density at radius 2 is 1.95 bits per heavy atom. The van der Waals surface area contributed by atoms with E-state index in [1.165, 1.54) is 6.92 Å². The summed E-state index contributed by atoms with van der Waals surface area (Å²) in [5, 5.41) is 0. The number of ether oxygens (including phenoxy) is 1. The van der Waals surface area contributed by atoms with E-state index in [9.17, 15) is 9.59 Å². The number of rotatable bonds is 5. The Morgan fingerprint density at radius 3 is 2.55 bits per heavy atom. The number of methoxy groups -OCH3 is 1. The molecular formula is C18H21NO3. The maximum absolute atomic E-state index is 12.6. The number of pyridine rings is 1. The van der Waals surface area contributed by atoms with Gasteiger partial charge < -0.3 is 9.30 Å². The zero-order chi connectivity index (χ0) is 16.3. The number of hydrogen-bond donors (Lipinski definition) is 0. The summed E-state index contributed by atoms with van der Waals surface area (Å²) in [6.07, 6.45) is 0. The largest absolute Gasteiger partial charge is 0.497 e. The zero-order valence-electron chi connectivity index (χ0n) is 13.4. The van der Waals surface area contributed by atoms with Crippen molar-refractivity contribution in [2.24, 2.45) is 5.92 Å². The quantitative estimate of drug-likeness (QED) is 0.795. The number of hydrogen-bond acceptors (Lipinski definition) is 3. The molecule has 0 unspecified atom stereocenters. The van der Waals surface area contributed by atoms with Gasteiger partial charge in [-0.3, -0.25) is 9.59 Å². The molecular weight excluding hydrogens is 278 g/mol. The minimum absolute atomic E-state index is 0.209. The highest BCUT2D eigenvalue weighted by Crippen LogP contribution is 2.24. The van der Waals surface area contributed by atoms with Crippen molar-refractivity contribution in [1.29, 1.82) is 0 Å². The summed E-state index contributed by atoms with van der Waals surface area (Å²) in [6.45, 7) is 6.07. The third-order valence-electron chi connectivity index (χ3n) is 3.47. The Kier molecular flexibility index (Phi) is 4.81. The smallest absolute Gasteiger partial charge is 0.261 e. The van der Waals surface area contributed by atoms with Crippen LogP contribution in [0.25, 0.3) is 11.3 Å². The fraction of sp³-hybridized carbons (Fsp3) is 0.333. The molecule has 1 heterocycles. The molecule has 0 spiro atoms. The lowest BCUT2D eigenvalue weighted by Crippen LogP contribution is -2.28. The van der Waals surface area contributed by atoms with Gasteiger partial charge in [0.05, 0.1) is 18.4 Å². The lowest BCUT2D eigenvalue weighted by Gasteiger charge is -2.16. The zero-order valence-corrected chi connectivity index (χ0v) is 13.4. The Balaban J connectivity index is 2.66. The normalized spacial score (nSPS) is 10.8. The van der Waals surface area contributed by atoms with E-state index in [2.05, 4.69) is 0 Å². The van der Waals surface area contributed by atoms with Gasteiger partial charge in [-0.2, -0.15) is 0 Å². The highest BCUT2D eigenvalue weighted by atomic mass is 16.5. The maximum Gasteiger partial charge on any atom is 0.261 e. The van der Waals surface area contributed by atoms with Gasteiger partial charge in [-0.15, -0.1) is 0 Å². The topological polar surface area (TPSA) is 48.3 Å². The average molecular weight is 299 g/mol. The van der Waals surface area contributed by atoms with Crippen molar-refractivity contribution in [2.45, 2.75) is 27.3 Å². The van der Waals surface area contributed by atoms with Crippen molar-refractivity contribution >= 4 is 5.78 Å². The first-order valence-electron chi connectivity index (χ1n) is 7.33. The Morgan fingerprint density at radius 1 is 1.23 bits per heavy atom. The summed E-state index contributed by atoms with van der Waals surface area (Å²) < 4.78 is 6.92. The van der Waals surface area contributed by atoms with E-state index < -0.39 is 0 Å². The number of nitrogens with zero attached hydrogens (tertiary/aromatic N) is 1. The van der Waals surface area contributed by atoms with Crippen LogP contribution in [0.4, 0.5) is 0 Å². The maximum atomic E-state index is 12.6. The molecule has 0 atom stereocenters. The molecule has 2 aromatic rings. The van der Waals surface area contributed by atoms with Gasteiger partial charge in [-0.25, -0.2) is 0 Å². The summed E-state index contributed by atoms with van der Waals surface area (Å²) in [7, 11) is 1.61. The molecule has 0 aliphatic heterocycles. The Labute approximate surface area is 130 Å². The standard InChI is InChI=1S/C18H21NO3/c1-12(2)11-19-17(9-8-16(13(3)20)18(19)21)14-6-5-7-15(10-14)22-4/h5-10,12H,11H2,1-4H3. The van der Waals surface area contributed by atoms with E-state index in [1.54, 1.807) is 17.7 Å². The second-order valence-corrected chi connectivity index (χ2v) is 5.73. The SMILES string of the molecule is COc1cccc(-c2ccc(C(C)=O)c(=O)n2CC(C)C)c1. The van der Waals surface area contributed by atoms with Gasteiger partial charge in [0, 0.05) is 12.1 Å². The van der Waals surface area contributed by atoms with Crippen molar-refractivity contribution in [2.75, 3.05) is 7.11 Å². The van der Waals surface area contributed by atoms with Crippen molar-refractivity contribution in [3.63, 3.8) is 0 Å². The van der Waals surface area contributed by atoms with Gasteiger partial charge in [0.2, 0.25) is 0 Å². The highest BCUT2D eigenvalue weighted by molar-refractivity contribution is 5.94. The number of aromatic nitrogens is 1. The van der Waals surface area contributed by atoms with Gasteiger partial charge in [0.15, 0.2) is 5.78 Å². The van der Waals surface area contributed by atoms with Gasteiger partial charge in [0.1, 0.15) is 5.75 Å². The number of carbonyl (C=O) groups is 1. The van der Waals surface area contributed by atoms with E-state index in [1.807, 2.05) is 44.2 Å². The van der Waals surface area contributed by atoms with Crippen LogP contribution in [0.3, 0.4) is 0 Å². The molecule has 0 aliphatic carbocycles. The molecule has 0 radical (unpaired) electrons. The van der Waals surface area contributed by atoms with E-state index >= 15 is 0 Å². The number of carbonyl (C=O) groups excluding carboxylic acids is 1. The Bertz CT molecular complexity index is 744. The van der Waals surface area contributed by atoms with Crippen molar-refractivity contribution < 1.29 is 9.53 Å². The fourth-order valence-corrected chi connectivity index (χ4v) is 2.43. The van der Waals surface area contributed by atoms with Crippen molar-refractivity contribution in [1.82, 2.24) is 4.57 Å². The van der Waals surface area contributed by atoms with Crippen molar-refractivity contribution in [3.8, 4) is 17.0 Å². The number of ketones is 1. The highest BCUT2D eigenvalue weighted by Gasteiger charge is 2.14. The van der Waals surface area contributed by atoms with E-state index in [4.69, 9.17) is 4.74 Å². The van der Waals surface area contributed by atoms with Crippen LogP contribution in [0.2, 0.25) is 0 Å². The van der Waals surface area contributed by atoms with Crippen LogP contribution in [0.15, 0.2) is 41.2 Å². The van der Waals surface area contributed by atoms with Crippen LogP contribution in [-0.4, -0.2) is 17.5 Å². The van der Waals surface area contributed by atoms with E-state index in [0.717, 1.165) is 17.0 Å².